The third kappa shape index (κ3) is 3.96. The number of hydrogen-bond acceptors (Lipinski definition) is 4. The lowest BCUT2D eigenvalue weighted by Crippen LogP contribution is -2.49. The number of nitrogens with one attached hydrogen (secondary N) is 1. The molecule has 0 bridgehead atoms. The predicted octanol–water partition coefficient (Wildman–Crippen LogP) is 4.56. The number of aromatic nitrogens is 3. The minimum atomic E-state index is -0.473. The zero-order valence-corrected chi connectivity index (χ0v) is 18.1. The van der Waals surface area contributed by atoms with Crippen LogP contribution in [0.5, 0.6) is 0 Å². The monoisotopic (exact) mass is 444 g/mol. The Morgan fingerprint density at radius 2 is 1.87 bits per heavy atom. The topological polar surface area (TPSA) is 59.8 Å². The minimum absolute atomic E-state index is 0.0361. The lowest BCUT2D eigenvalue weighted by Gasteiger charge is -2.40. The molecule has 0 radical (unpaired) electrons. The Labute approximate surface area is 184 Å². The van der Waals surface area contributed by atoms with Crippen LogP contribution >= 0.6 is 23.4 Å². The van der Waals surface area contributed by atoms with E-state index in [1.54, 1.807) is 12.1 Å². The molecule has 5 nitrogen and oxygen atoms in total. The molecule has 0 spiro atoms. The SMILES string of the molecule is CSc1nnc(CCNC(=O)C2(c3ccc(Cl)cc3)CCC2)n1-c1ccc(F)cc1. The van der Waals surface area contributed by atoms with Gasteiger partial charge in [-0.05, 0) is 61.1 Å². The summed E-state index contributed by atoms with van der Waals surface area (Å²) in [5.41, 5.74) is 1.33. The van der Waals surface area contributed by atoms with E-state index in [2.05, 4.69) is 15.5 Å². The Morgan fingerprint density at radius 3 is 2.47 bits per heavy atom. The number of amides is 1. The number of hydrogen-bond donors (Lipinski definition) is 1. The molecule has 1 aliphatic rings. The van der Waals surface area contributed by atoms with Crippen LogP contribution in [0, 0.1) is 5.82 Å². The number of nitrogens with zero attached hydrogens (tertiary/aromatic N) is 3. The van der Waals surface area contributed by atoms with Gasteiger partial charge in [0.25, 0.3) is 0 Å². The van der Waals surface area contributed by atoms with Crippen LogP contribution in [-0.4, -0.2) is 33.5 Å². The van der Waals surface area contributed by atoms with Crippen LogP contribution in [0.4, 0.5) is 4.39 Å². The molecule has 1 aliphatic carbocycles. The largest absolute Gasteiger partial charge is 0.355 e. The number of benzene rings is 2. The van der Waals surface area contributed by atoms with Crippen molar-refractivity contribution in [1.82, 2.24) is 20.1 Å². The molecule has 156 valence electrons. The molecule has 0 aliphatic heterocycles. The fraction of sp³-hybridized carbons (Fsp3) is 0.318. The lowest BCUT2D eigenvalue weighted by molar-refractivity contribution is -0.129. The molecule has 1 aromatic heterocycles. The molecule has 4 rings (SSSR count). The molecule has 30 heavy (non-hydrogen) atoms. The predicted molar refractivity (Wildman–Crippen MR) is 117 cm³/mol. The maximum absolute atomic E-state index is 13.3. The Bertz CT molecular complexity index is 1030. The van der Waals surface area contributed by atoms with Crippen LogP contribution in [0.25, 0.3) is 5.69 Å². The molecule has 0 unspecified atom stereocenters. The molecule has 1 N–H and O–H groups in total. The van der Waals surface area contributed by atoms with E-state index in [-0.39, 0.29) is 11.7 Å². The third-order valence-corrected chi connectivity index (χ3v) is 6.52. The summed E-state index contributed by atoms with van der Waals surface area (Å²) in [6, 6.07) is 13.8. The van der Waals surface area contributed by atoms with Gasteiger partial charge in [0.2, 0.25) is 5.91 Å². The molecule has 1 fully saturated rings. The Kier molecular flexibility index (Phi) is 6.11. The van der Waals surface area contributed by atoms with Crippen molar-refractivity contribution >= 4 is 29.3 Å². The van der Waals surface area contributed by atoms with Crippen molar-refractivity contribution in [2.75, 3.05) is 12.8 Å². The minimum Gasteiger partial charge on any atom is -0.355 e. The molecule has 8 heteroatoms. The first-order chi connectivity index (χ1) is 14.5. The standard InChI is InChI=1S/C22H22ClFN4OS/c1-30-21-27-26-19(28(21)18-9-7-17(24)8-10-18)11-14-25-20(29)22(12-2-13-22)15-3-5-16(23)6-4-15/h3-10H,2,11-14H2,1H3,(H,25,29). The summed E-state index contributed by atoms with van der Waals surface area (Å²) in [5, 5.41) is 13.0. The van der Waals surface area contributed by atoms with Gasteiger partial charge >= 0.3 is 0 Å². The average Bonchev–Trinajstić information content (AvgIpc) is 3.12. The van der Waals surface area contributed by atoms with Crippen molar-refractivity contribution in [2.24, 2.45) is 0 Å². The Morgan fingerprint density at radius 1 is 1.17 bits per heavy atom. The van der Waals surface area contributed by atoms with Crippen LogP contribution in [0.15, 0.2) is 53.7 Å². The van der Waals surface area contributed by atoms with Gasteiger partial charge < -0.3 is 5.32 Å². The van der Waals surface area contributed by atoms with E-state index in [1.807, 2.05) is 35.1 Å². The number of carbonyl (C=O) groups is 1. The molecular weight excluding hydrogens is 423 g/mol. The van der Waals surface area contributed by atoms with Gasteiger partial charge in [-0.3, -0.25) is 9.36 Å². The van der Waals surface area contributed by atoms with E-state index in [0.29, 0.717) is 18.0 Å². The van der Waals surface area contributed by atoms with Crippen LogP contribution in [0.1, 0.15) is 30.7 Å². The molecule has 1 heterocycles. The fourth-order valence-electron chi connectivity index (χ4n) is 3.85. The summed E-state index contributed by atoms with van der Waals surface area (Å²) >= 11 is 7.47. The van der Waals surface area contributed by atoms with Crippen LogP contribution in [0.2, 0.25) is 5.02 Å². The molecule has 1 saturated carbocycles. The molecule has 0 atom stereocenters. The van der Waals surface area contributed by atoms with Gasteiger partial charge in [-0.25, -0.2) is 4.39 Å². The quantitative estimate of drug-likeness (QED) is 0.542. The van der Waals surface area contributed by atoms with Crippen molar-refractivity contribution in [2.45, 2.75) is 36.3 Å². The normalized spacial score (nSPS) is 14.9. The highest BCUT2D eigenvalue weighted by atomic mass is 35.5. The maximum Gasteiger partial charge on any atom is 0.230 e. The van der Waals surface area contributed by atoms with E-state index in [9.17, 15) is 9.18 Å². The molecule has 2 aromatic carbocycles. The smallest absolute Gasteiger partial charge is 0.230 e. The Balaban J connectivity index is 1.47. The van der Waals surface area contributed by atoms with Crippen molar-refractivity contribution in [3.63, 3.8) is 0 Å². The second-order valence-electron chi connectivity index (χ2n) is 7.36. The van der Waals surface area contributed by atoms with E-state index in [1.165, 1.54) is 23.9 Å². The summed E-state index contributed by atoms with van der Waals surface area (Å²) in [7, 11) is 0. The highest BCUT2D eigenvalue weighted by Gasteiger charge is 2.45. The summed E-state index contributed by atoms with van der Waals surface area (Å²) in [6.07, 6.45) is 5.15. The zero-order valence-electron chi connectivity index (χ0n) is 16.6. The van der Waals surface area contributed by atoms with Gasteiger partial charge in [0.05, 0.1) is 5.41 Å². The second-order valence-corrected chi connectivity index (χ2v) is 8.57. The highest BCUT2D eigenvalue weighted by Crippen LogP contribution is 2.44. The first-order valence-corrected chi connectivity index (χ1v) is 11.4. The van der Waals surface area contributed by atoms with E-state index < -0.39 is 5.41 Å². The lowest BCUT2D eigenvalue weighted by atomic mass is 9.64. The van der Waals surface area contributed by atoms with Crippen molar-refractivity contribution in [3.05, 3.63) is 70.8 Å². The number of halogens is 2. The fourth-order valence-corrected chi connectivity index (χ4v) is 4.49. The summed E-state index contributed by atoms with van der Waals surface area (Å²) in [5.74, 6) is 0.466. The van der Waals surface area contributed by atoms with E-state index in [4.69, 9.17) is 11.6 Å². The molecule has 3 aromatic rings. The van der Waals surface area contributed by atoms with E-state index >= 15 is 0 Å². The molecule has 1 amide bonds. The van der Waals surface area contributed by atoms with Gasteiger partial charge in [-0.15, -0.1) is 10.2 Å². The molecular formula is C22H22ClFN4OS. The van der Waals surface area contributed by atoms with Crippen molar-refractivity contribution in [3.8, 4) is 5.69 Å². The van der Waals surface area contributed by atoms with Gasteiger partial charge in [0.15, 0.2) is 5.16 Å². The number of thioether (sulfide) groups is 1. The number of rotatable bonds is 7. The van der Waals surface area contributed by atoms with Crippen molar-refractivity contribution in [1.29, 1.82) is 0 Å². The summed E-state index contributed by atoms with van der Waals surface area (Å²) in [6.45, 7) is 0.446. The first kappa shape index (κ1) is 20.9. The van der Waals surface area contributed by atoms with Crippen molar-refractivity contribution < 1.29 is 9.18 Å². The second kappa shape index (κ2) is 8.78. The zero-order chi connectivity index (χ0) is 21.1. The molecule has 0 saturated heterocycles. The average molecular weight is 445 g/mol. The summed E-state index contributed by atoms with van der Waals surface area (Å²) < 4.78 is 15.2. The van der Waals surface area contributed by atoms with Crippen LogP contribution < -0.4 is 5.32 Å². The third-order valence-electron chi connectivity index (χ3n) is 5.64. The van der Waals surface area contributed by atoms with Gasteiger partial charge in [-0.2, -0.15) is 0 Å². The number of carbonyl (C=O) groups excluding carboxylic acids is 1. The Hall–Kier alpha value is -2.38. The van der Waals surface area contributed by atoms with E-state index in [0.717, 1.165) is 41.5 Å². The van der Waals surface area contributed by atoms with Crippen LogP contribution in [0.3, 0.4) is 0 Å². The highest BCUT2D eigenvalue weighted by molar-refractivity contribution is 7.98. The van der Waals surface area contributed by atoms with Crippen LogP contribution in [-0.2, 0) is 16.6 Å². The van der Waals surface area contributed by atoms with Gasteiger partial charge in [0.1, 0.15) is 11.6 Å². The van der Waals surface area contributed by atoms with Gasteiger partial charge in [0, 0.05) is 23.7 Å². The maximum atomic E-state index is 13.3. The van der Waals surface area contributed by atoms with Gasteiger partial charge in [-0.1, -0.05) is 41.9 Å². The summed E-state index contributed by atoms with van der Waals surface area (Å²) in [4.78, 5) is 13.0. The first-order valence-electron chi connectivity index (χ1n) is 9.82.